The van der Waals surface area contributed by atoms with Crippen LogP contribution in [0, 0.1) is 6.92 Å². The summed E-state index contributed by atoms with van der Waals surface area (Å²) in [6, 6.07) is 28.5. The Bertz CT molecular complexity index is 1760. The van der Waals surface area contributed by atoms with E-state index in [2.05, 4.69) is 5.32 Å². The minimum atomic E-state index is -4.20. The van der Waals surface area contributed by atoms with E-state index in [-0.39, 0.29) is 35.5 Å². The lowest BCUT2D eigenvalue weighted by Gasteiger charge is -2.35. The number of nitrogens with one attached hydrogen (secondary N) is 1. The molecule has 0 radical (unpaired) electrons. The van der Waals surface area contributed by atoms with Crippen LogP contribution < -0.4 is 9.62 Å². The summed E-state index contributed by atoms with van der Waals surface area (Å²) < 4.78 is 29.4. The minimum Gasteiger partial charge on any atom is -0.352 e. The highest BCUT2D eigenvalue weighted by Gasteiger charge is 2.35. The molecule has 2 amide bonds. The van der Waals surface area contributed by atoms with Crippen molar-refractivity contribution in [2.24, 2.45) is 0 Å². The SMILES string of the molecule is Cc1ccc(S(=O)(=O)N(CC(=O)N(Cc2ccccc2Cl)[C@H](Cc2ccccc2)C(=O)NC2CCCCC2)c2ccc(Cl)cc2)cc1. The fraction of sp³-hybridized carbons (Fsp3) is 0.297. The van der Waals surface area contributed by atoms with Crippen molar-refractivity contribution in [3.05, 3.63) is 130 Å². The minimum absolute atomic E-state index is 0.00707. The summed E-state index contributed by atoms with van der Waals surface area (Å²) in [5, 5.41) is 4.08. The quantitative estimate of drug-likeness (QED) is 0.166. The average molecular weight is 693 g/mol. The number of benzene rings is 4. The number of halogens is 2. The predicted octanol–water partition coefficient (Wildman–Crippen LogP) is 7.59. The predicted molar refractivity (Wildman–Crippen MR) is 188 cm³/mol. The third kappa shape index (κ3) is 8.95. The molecule has 1 aliphatic rings. The lowest BCUT2D eigenvalue weighted by molar-refractivity contribution is -0.140. The number of hydrogen-bond acceptors (Lipinski definition) is 4. The van der Waals surface area contributed by atoms with E-state index in [9.17, 15) is 18.0 Å². The maximum absolute atomic E-state index is 14.6. The Labute approximate surface area is 287 Å². The molecule has 0 unspecified atom stereocenters. The van der Waals surface area contributed by atoms with Crippen molar-refractivity contribution in [3.8, 4) is 0 Å². The van der Waals surface area contributed by atoms with Crippen molar-refractivity contribution in [2.75, 3.05) is 10.8 Å². The first-order valence-electron chi connectivity index (χ1n) is 15.8. The highest BCUT2D eigenvalue weighted by Crippen LogP contribution is 2.28. The van der Waals surface area contributed by atoms with E-state index in [0.29, 0.717) is 15.6 Å². The Balaban J connectivity index is 1.56. The van der Waals surface area contributed by atoms with Crippen LogP contribution in [0.15, 0.2) is 108 Å². The Kier molecular flexibility index (Phi) is 11.6. The summed E-state index contributed by atoms with van der Waals surface area (Å²) in [7, 11) is -4.20. The zero-order valence-electron chi connectivity index (χ0n) is 26.3. The van der Waals surface area contributed by atoms with E-state index < -0.39 is 28.5 Å². The Morgan fingerprint density at radius 2 is 1.47 bits per heavy atom. The standard InChI is InChI=1S/C37H39Cl2N3O4S/c1-27-16-22-33(23-17-27)47(45,46)42(32-20-18-30(38)19-21-32)26-36(43)41(25-29-12-8-9-15-34(29)39)35(24-28-10-4-2-5-11-28)37(44)40-31-13-6-3-7-14-31/h2,4-5,8-12,15-23,31,35H,3,6-7,13-14,24-26H2,1H3,(H,40,44)/t35-/m1/s1. The smallest absolute Gasteiger partial charge is 0.264 e. The van der Waals surface area contributed by atoms with Gasteiger partial charge in [-0.1, -0.05) is 109 Å². The number of hydrogen-bond donors (Lipinski definition) is 1. The zero-order valence-corrected chi connectivity index (χ0v) is 28.6. The molecule has 7 nitrogen and oxygen atoms in total. The molecule has 10 heteroatoms. The topological polar surface area (TPSA) is 86.8 Å². The van der Waals surface area contributed by atoms with Crippen LogP contribution in [0.3, 0.4) is 0 Å². The molecule has 0 aromatic heterocycles. The first-order chi connectivity index (χ1) is 22.6. The molecule has 0 aliphatic heterocycles. The van der Waals surface area contributed by atoms with Crippen molar-refractivity contribution in [2.45, 2.75) is 69.0 Å². The highest BCUT2D eigenvalue weighted by atomic mass is 35.5. The second kappa shape index (κ2) is 15.8. The molecular weight excluding hydrogens is 653 g/mol. The van der Waals surface area contributed by atoms with Gasteiger partial charge < -0.3 is 10.2 Å². The summed E-state index contributed by atoms with van der Waals surface area (Å²) in [4.78, 5) is 30.3. The molecule has 47 heavy (non-hydrogen) atoms. The van der Waals surface area contributed by atoms with Crippen LogP contribution in [-0.2, 0) is 32.6 Å². The van der Waals surface area contributed by atoms with Gasteiger partial charge >= 0.3 is 0 Å². The van der Waals surface area contributed by atoms with Gasteiger partial charge in [-0.2, -0.15) is 0 Å². The van der Waals surface area contributed by atoms with Gasteiger partial charge in [0.05, 0.1) is 10.6 Å². The van der Waals surface area contributed by atoms with Crippen LogP contribution in [0.1, 0.15) is 48.8 Å². The number of rotatable bonds is 12. The molecule has 0 bridgehead atoms. The number of sulfonamides is 1. The Morgan fingerprint density at radius 3 is 2.13 bits per heavy atom. The van der Waals surface area contributed by atoms with E-state index in [1.807, 2.05) is 43.3 Å². The fourth-order valence-corrected chi connectivity index (χ4v) is 7.62. The molecule has 4 aromatic rings. The molecule has 1 aliphatic carbocycles. The first-order valence-corrected chi connectivity index (χ1v) is 18.0. The molecule has 1 fully saturated rings. The molecule has 0 saturated heterocycles. The molecule has 1 saturated carbocycles. The first kappa shape index (κ1) is 34.5. The third-order valence-electron chi connectivity index (χ3n) is 8.52. The van der Waals surface area contributed by atoms with E-state index in [4.69, 9.17) is 23.2 Å². The lowest BCUT2D eigenvalue weighted by atomic mass is 9.94. The molecule has 1 N–H and O–H groups in total. The zero-order chi connectivity index (χ0) is 33.4. The Morgan fingerprint density at radius 1 is 0.830 bits per heavy atom. The van der Waals surface area contributed by atoms with Crippen LogP contribution >= 0.6 is 23.2 Å². The van der Waals surface area contributed by atoms with Gasteiger partial charge in [0.25, 0.3) is 10.0 Å². The van der Waals surface area contributed by atoms with E-state index in [1.54, 1.807) is 54.6 Å². The number of aryl methyl sites for hydroxylation is 1. The van der Waals surface area contributed by atoms with Crippen molar-refractivity contribution in [3.63, 3.8) is 0 Å². The second-order valence-electron chi connectivity index (χ2n) is 12.0. The van der Waals surface area contributed by atoms with Gasteiger partial charge in [0.1, 0.15) is 12.6 Å². The monoisotopic (exact) mass is 691 g/mol. The van der Waals surface area contributed by atoms with Gasteiger partial charge in [-0.3, -0.25) is 13.9 Å². The van der Waals surface area contributed by atoms with Gasteiger partial charge in [-0.15, -0.1) is 0 Å². The van der Waals surface area contributed by atoms with Crippen molar-refractivity contribution in [1.82, 2.24) is 10.2 Å². The van der Waals surface area contributed by atoms with Gasteiger partial charge in [0.2, 0.25) is 11.8 Å². The van der Waals surface area contributed by atoms with Crippen molar-refractivity contribution in [1.29, 1.82) is 0 Å². The molecular formula is C37H39Cl2N3O4S. The van der Waals surface area contributed by atoms with Crippen molar-refractivity contribution >= 4 is 50.7 Å². The molecule has 1 atom stereocenters. The highest BCUT2D eigenvalue weighted by molar-refractivity contribution is 7.92. The second-order valence-corrected chi connectivity index (χ2v) is 14.7. The number of amides is 2. The summed E-state index contributed by atoms with van der Waals surface area (Å²) in [6.45, 7) is 1.33. The fourth-order valence-electron chi connectivity index (χ4n) is 5.88. The number of carbonyl (C=O) groups is 2. The van der Waals surface area contributed by atoms with Crippen LogP contribution in [-0.4, -0.2) is 43.8 Å². The third-order valence-corrected chi connectivity index (χ3v) is 10.9. The average Bonchev–Trinajstić information content (AvgIpc) is 3.07. The van der Waals surface area contributed by atoms with E-state index in [1.165, 1.54) is 17.0 Å². The summed E-state index contributed by atoms with van der Waals surface area (Å²) >= 11 is 12.8. The van der Waals surface area contributed by atoms with Gasteiger partial charge in [0.15, 0.2) is 0 Å². The number of carbonyl (C=O) groups excluding carboxylic acids is 2. The summed E-state index contributed by atoms with van der Waals surface area (Å²) in [6.07, 6.45) is 5.18. The molecule has 0 spiro atoms. The van der Waals surface area contributed by atoms with E-state index >= 15 is 0 Å². The summed E-state index contributed by atoms with van der Waals surface area (Å²) in [5.41, 5.74) is 2.68. The van der Waals surface area contributed by atoms with Crippen LogP contribution in [0.5, 0.6) is 0 Å². The van der Waals surface area contributed by atoms with Crippen molar-refractivity contribution < 1.29 is 18.0 Å². The lowest BCUT2D eigenvalue weighted by Crippen LogP contribution is -2.55. The number of nitrogens with zero attached hydrogens (tertiary/aromatic N) is 2. The number of anilines is 1. The molecule has 4 aromatic carbocycles. The molecule has 0 heterocycles. The van der Waals surface area contributed by atoms with E-state index in [0.717, 1.165) is 47.5 Å². The molecule has 5 rings (SSSR count). The van der Waals surface area contributed by atoms with Gasteiger partial charge in [-0.25, -0.2) is 8.42 Å². The van der Waals surface area contributed by atoms with Crippen LogP contribution in [0.4, 0.5) is 5.69 Å². The van der Waals surface area contributed by atoms with Crippen LogP contribution in [0.25, 0.3) is 0 Å². The maximum atomic E-state index is 14.6. The molecule has 246 valence electrons. The largest absolute Gasteiger partial charge is 0.352 e. The van der Waals surface area contributed by atoms with Gasteiger partial charge in [0, 0.05) is 29.1 Å². The normalized spacial score (nSPS) is 14.3. The summed E-state index contributed by atoms with van der Waals surface area (Å²) in [5.74, 6) is -0.823. The van der Waals surface area contributed by atoms with Crippen LogP contribution in [0.2, 0.25) is 10.0 Å². The van der Waals surface area contributed by atoms with Gasteiger partial charge in [-0.05, 0) is 73.4 Å². The Hall–Kier alpha value is -3.85. The maximum Gasteiger partial charge on any atom is 0.264 e.